The molecule has 0 unspecified atom stereocenters. The van der Waals surface area contributed by atoms with Crippen molar-refractivity contribution in [1.29, 1.82) is 0 Å². The summed E-state index contributed by atoms with van der Waals surface area (Å²) in [5.74, 6) is 0.807. The molecule has 0 radical (unpaired) electrons. The van der Waals surface area contributed by atoms with Gasteiger partial charge in [-0.2, -0.15) is 0 Å². The molecule has 0 aliphatic rings. The largest absolute Gasteiger partial charge is 0.504 e. The lowest BCUT2D eigenvalue weighted by atomic mass is 10.1. The van der Waals surface area contributed by atoms with Crippen LogP contribution in [0.1, 0.15) is 37.8 Å². The highest BCUT2D eigenvalue weighted by Gasteiger charge is 2.07. The van der Waals surface area contributed by atoms with E-state index in [1.165, 1.54) is 18.4 Å². The summed E-state index contributed by atoms with van der Waals surface area (Å²) in [5, 5.41) is 10.2. The molecule has 3 nitrogen and oxygen atoms in total. The number of nitrogens with zero attached hydrogens (tertiary/aromatic N) is 1. The molecule has 144 valence electrons. The first-order valence-electron chi connectivity index (χ1n) is 9.44. The van der Waals surface area contributed by atoms with E-state index >= 15 is 0 Å². The minimum atomic E-state index is 0. The van der Waals surface area contributed by atoms with Crippen LogP contribution in [0.25, 0.3) is 0 Å². The number of aromatic hydroxyl groups is 1. The smallest absolute Gasteiger partial charge is 0.160 e. The molecule has 26 heavy (non-hydrogen) atoms. The third-order valence-electron chi connectivity index (χ3n) is 4.31. The minimum Gasteiger partial charge on any atom is -0.504 e. The van der Waals surface area contributed by atoms with Gasteiger partial charge in [0, 0.05) is 13.0 Å². The number of phenols is 1. The Morgan fingerprint density at radius 2 is 1.54 bits per heavy atom. The van der Waals surface area contributed by atoms with Crippen LogP contribution in [0.15, 0.2) is 48.5 Å². The zero-order valence-corrected chi connectivity index (χ0v) is 16.8. The van der Waals surface area contributed by atoms with Crippen molar-refractivity contribution in [1.82, 2.24) is 4.90 Å². The van der Waals surface area contributed by atoms with Crippen molar-refractivity contribution in [3.63, 3.8) is 0 Å². The van der Waals surface area contributed by atoms with E-state index in [0.717, 1.165) is 38.0 Å². The first kappa shape index (κ1) is 22.3. The van der Waals surface area contributed by atoms with Gasteiger partial charge in [-0.1, -0.05) is 50.2 Å². The minimum absolute atomic E-state index is 0. The third kappa shape index (κ3) is 7.67. The normalized spacial score (nSPS) is 10.6. The van der Waals surface area contributed by atoms with Crippen LogP contribution in [0.4, 0.5) is 0 Å². The molecule has 0 saturated carbocycles. The summed E-state index contributed by atoms with van der Waals surface area (Å²) in [4.78, 5) is 2.49. The van der Waals surface area contributed by atoms with Crippen LogP contribution in [-0.4, -0.2) is 36.2 Å². The summed E-state index contributed by atoms with van der Waals surface area (Å²) in [6.45, 7) is 8.32. The molecule has 0 heterocycles. The Labute approximate surface area is 164 Å². The standard InChI is InChI=1S/C22H31NO2.ClH/c1-3-14-23(15-4-2)16-12-20-10-11-22(21(24)18-20)25-17-13-19-8-6-5-7-9-19;/h5-11,18,24H,3-4,12-17H2,1-2H3;1H. The maximum absolute atomic E-state index is 10.2. The van der Waals surface area contributed by atoms with Crippen molar-refractivity contribution in [3.8, 4) is 11.5 Å². The molecular weight excluding hydrogens is 346 g/mol. The number of ether oxygens (including phenoxy) is 1. The van der Waals surface area contributed by atoms with E-state index in [2.05, 4.69) is 36.9 Å². The lowest BCUT2D eigenvalue weighted by Gasteiger charge is -2.21. The van der Waals surface area contributed by atoms with Gasteiger partial charge in [0.1, 0.15) is 0 Å². The van der Waals surface area contributed by atoms with Crippen molar-refractivity contribution in [2.24, 2.45) is 0 Å². The average Bonchev–Trinajstić information content (AvgIpc) is 2.62. The molecule has 0 aliphatic heterocycles. The summed E-state index contributed by atoms with van der Waals surface area (Å²) in [7, 11) is 0. The first-order valence-corrected chi connectivity index (χ1v) is 9.44. The highest BCUT2D eigenvalue weighted by molar-refractivity contribution is 5.85. The lowest BCUT2D eigenvalue weighted by molar-refractivity contribution is 0.277. The van der Waals surface area contributed by atoms with Crippen LogP contribution in [-0.2, 0) is 12.8 Å². The third-order valence-corrected chi connectivity index (χ3v) is 4.31. The summed E-state index contributed by atoms with van der Waals surface area (Å²) >= 11 is 0. The SMILES string of the molecule is CCCN(CCC)CCc1ccc(OCCc2ccccc2)c(O)c1.Cl. The predicted octanol–water partition coefficient (Wildman–Crippen LogP) is 5.10. The zero-order valence-electron chi connectivity index (χ0n) is 16.0. The molecule has 0 amide bonds. The molecule has 4 heteroatoms. The fraction of sp³-hybridized carbons (Fsp3) is 0.455. The lowest BCUT2D eigenvalue weighted by Crippen LogP contribution is -2.27. The fourth-order valence-electron chi connectivity index (χ4n) is 3.02. The average molecular weight is 378 g/mol. The topological polar surface area (TPSA) is 32.7 Å². The van der Waals surface area contributed by atoms with E-state index in [9.17, 15) is 5.11 Å². The van der Waals surface area contributed by atoms with Gasteiger partial charge in [0.05, 0.1) is 6.61 Å². The van der Waals surface area contributed by atoms with E-state index in [4.69, 9.17) is 4.74 Å². The van der Waals surface area contributed by atoms with Gasteiger partial charge in [0.25, 0.3) is 0 Å². The molecule has 0 bridgehead atoms. The van der Waals surface area contributed by atoms with Gasteiger partial charge < -0.3 is 14.7 Å². The number of phenolic OH excluding ortho intramolecular Hbond substituents is 1. The maximum Gasteiger partial charge on any atom is 0.160 e. The van der Waals surface area contributed by atoms with Crippen molar-refractivity contribution in [2.75, 3.05) is 26.2 Å². The molecule has 2 rings (SSSR count). The molecule has 0 spiro atoms. The molecule has 0 saturated heterocycles. The second-order valence-electron chi connectivity index (χ2n) is 6.48. The number of hydrogen-bond donors (Lipinski definition) is 1. The Kier molecular flexibility index (Phi) is 10.8. The van der Waals surface area contributed by atoms with Crippen LogP contribution < -0.4 is 4.74 Å². The Morgan fingerprint density at radius 3 is 2.15 bits per heavy atom. The number of benzene rings is 2. The van der Waals surface area contributed by atoms with E-state index in [-0.39, 0.29) is 18.2 Å². The van der Waals surface area contributed by atoms with Gasteiger partial charge in [0.2, 0.25) is 0 Å². The second kappa shape index (κ2) is 12.6. The second-order valence-corrected chi connectivity index (χ2v) is 6.48. The number of hydrogen-bond acceptors (Lipinski definition) is 3. The van der Waals surface area contributed by atoms with Gasteiger partial charge in [-0.05, 0) is 55.6 Å². The van der Waals surface area contributed by atoms with Crippen molar-refractivity contribution >= 4 is 12.4 Å². The molecule has 2 aromatic carbocycles. The molecular formula is C22H32ClNO2. The van der Waals surface area contributed by atoms with Gasteiger partial charge in [0.15, 0.2) is 11.5 Å². The quantitative estimate of drug-likeness (QED) is 0.591. The summed E-state index contributed by atoms with van der Waals surface area (Å²) in [5.41, 5.74) is 2.40. The molecule has 2 aromatic rings. The zero-order chi connectivity index (χ0) is 17.9. The number of halogens is 1. The molecule has 0 atom stereocenters. The van der Waals surface area contributed by atoms with Gasteiger partial charge in [-0.25, -0.2) is 0 Å². The van der Waals surface area contributed by atoms with Crippen LogP contribution >= 0.6 is 12.4 Å². The van der Waals surface area contributed by atoms with Crippen molar-refractivity contribution < 1.29 is 9.84 Å². The van der Waals surface area contributed by atoms with E-state index in [0.29, 0.717) is 12.4 Å². The van der Waals surface area contributed by atoms with Crippen LogP contribution in [0.3, 0.4) is 0 Å². The van der Waals surface area contributed by atoms with E-state index in [1.807, 2.05) is 30.3 Å². The number of rotatable bonds is 11. The van der Waals surface area contributed by atoms with Gasteiger partial charge in [-0.3, -0.25) is 0 Å². The Morgan fingerprint density at radius 1 is 0.846 bits per heavy atom. The maximum atomic E-state index is 10.2. The van der Waals surface area contributed by atoms with Crippen LogP contribution in [0.5, 0.6) is 11.5 Å². The van der Waals surface area contributed by atoms with Crippen LogP contribution in [0, 0.1) is 0 Å². The Hall–Kier alpha value is -1.71. The Bertz CT molecular complexity index is 613. The molecule has 0 fully saturated rings. The van der Waals surface area contributed by atoms with Gasteiger partial charge >= 0.3 is 0 Å². The monoisotopic (exact) mass is 377 g/mol. The summed E-state index contributed by atoms with van der Waals surface area (Å²) in [6.07, 6.45) is 4.15. The highest BCUT2D eigenvalue weighted by Crippen LogP contribution is 2.27. The highest BCUT2D eigenvalue weighted by atomic mass is 35.5. The molecule has 1 N–H and O–H groups in total. The summed E-state index contributed by atoms with van der Waals surface area (Å²) < 4.78 is 5.74. The Balaban J connectivity index is 0.00000338. The van der Waals surface area contributed by atoms with E-state index < -0.39 is 0 Å². The van der Waals surface area contributed by atoms with Gasteiger partial charge in [-0.15, -0.1) is 12.4 Å². The van der Waals surface area contributed by atoms with Crippen molar-refractivity contribution in [3.05, 3.63) is 59.7 Å². The molecule has 0 aromatic heterocycles. The first-order chi connectivity index (χ1) is 12.2. The van der Waals surface area contributed by atoms with E-state index in [1.54, 1.807) is 0 Å². The van der Waals surface area contributed by atoms with Crippen LogP contribution in [0.2, 0.25) is 0 Å². The summed E-state index contributed by atoms with van der Waals surface area (Å²) in [6, 6.07) is 16.0. The van der Waals surface area contributed by atoms with Crippen molar-refractivity contribution in [2.45, 2.75) is 39.5 Å². The molecule has 0 aliphatic carbocycles. The fourth-order valence-corrected chi connectivity index (χ4v) is 3.02. The predicted molar refractivity (Wildman–Crippen MR) is 112 cm³/mol.